The van der Waals surface area contributed by atoms with Crippen LogP contribution in [0, 0.1) is 0 Å². The summed E-state index contributed by atoms with van der Waals surface area (Å²) >= 11 is 1.15. The van der Waals surface area contributed by atoms with E-state index in [1.807, 2.05) is 24.3 Å². The fourth-order valence-electron chi connectivity index (χ4n) is 2.82. The van der Waals surface area contributed by atoms with Gasteiger partial charge in [0.15, 0.2) is 0 Å². The minimum atomic E-state index is -3.67. The molecule has 0 bridgehead atoms. The first-order chi connectivity index (χ1) is 10.5. The Bertz CT molecular complexity index is 784. The summed E-state index contributed by atoms with van der Waals surface area (Å²) in [7, 11) is -3.67. The normalized spacial score (nSPS) is 18.8. The molecule has 2 aromatic rings. The molecule has 1 atom stereocenters. The standard InChI is InChI=1S/C15H15NO4S2/c17-14(18)10-13-12-5-2-1-4-11(12)7-8-16(13)22(19,20)15-6-3-9-21-15/h1-6,9,13H,7-8,10H2,(H,17,18)/t13-/m1/s1. The third kappa shape index (κ3) is 2.67. The highest BCUT2D eigenvalue weighted by Gasteiger charge is 2.37. The average Bonchev–Trinajstić information content (AvgIpc) is 3.02. The number of benzene rings is 1. The smallest absolute Gasteiger partial charge is 0.305 e. The first-order valence-electron chi connectivity index (χ1n) is 6.85. The van der Waals surface area contributed by atoms with Gasteiger partial charge in [-0.25, -0.2) is 8.42 Å². The second kappa shape index (κ2) is 5.83. The van der Waals surface area contributed by atoms with Gasteiger partial charge in [-0.05, 0) is 29.0 Å². The number of aliphatic carboxylic acids is 1. The molecule has 0 spiro atoms. The van der Waals surface area contributed by atoms with Gasteiger partial charge in [0.25, 0.3) is 10.0 Å². The Morgan fingerprint density at radius 3 is 2.73 bits per heavy atom. The molecule has 1 aromatic heterocycles. The van der Waals surface area contributed by atoms with Gasteiger partial charge in [-0.15, -0.1) is 11.3 Å². The molecule has 0 unspecified atom stereocenters. The second-order valence-corrected chi connectivity index (χ2v) is 8.18. The fourth-order valence-corrected chi connectivity index (χ4v) is 5.54. The maximum absolute atomic E-state index is 12.8. The number of hydrogen-bond acceptors (Lipinski definition) is 4. The van der Waals surface area contributed by atoms with Gasteiger partial charge in [0.1, 0.15) is 4.21 Å². The van der Waals surface area contributed by atoms with E-state index < -0.39 is 22.0 Å². The van der Waals surface area contributed by atoms with Crippen LogP contribution in [0.5, 0.6) is 0 Å². The summed E-state index contributed by atoms with van der Waals surface area (Å²) in [6.07, 6.45) is 0.360. The molecule has 1 aliphatic heterocycles. The van der Waals surface area contributed by atoms with E-state index in [9.17, 15) is 18.3 Å². The average molecular weight is 337 g/mol. The molecule has 0 aliphatic carbocycles. The summed E-state index contributed by atoms with van der Waals surface area (Å²) in [5.74, 6) is -1.01. The molecule has 0 amide bonds. The van der Waals surface area contributed by atoms with Gasteiger partial charge < -0.3 is 5.11 Å². The van der Waals surface area contributed by atoms with E-state index in [2.05, 4.69) is 0 Å². The van der Waals surface area contributed by atoms with Gasteiger partial charge in [0, 0.05) is 6.54 Å². The molecule has 0 saturated heterocycles. The van der Waals surface area contributed by atoms with Crippen LogP contribution in [0.25, 0.3) is 0 Å². The van der Waals surface area contributed by atoms with E-state index in [0.717, 1.165) is 22.5 Å². The van der Waals surface area contributed by atoms with E-state index in [-0.39, 0.29) is 10.6 Å². The lowest BCUT2D eigenvalue weighted by Crippen LogP contribution is -2.40. The van der Waals surface area contributed by atoms with E-state index in [1.165, 1.54) is 4.31 Å². The molecule has 7 heteroatoms. The van der Waals surface area contributed by atoms with Gasteiger partial charge in [0.2, 0.25) is 0 Å². The third-order valence-corrected chi connectivity index (χ3v) is 7.07. The highest BCUT2D eigenvalue weighted by Crippen LogP contribution is 2.37. The summed E-state index contributed by atoms with van der Waals surface area (Å²) in [5, 5.41) is 10.9. The van der Waals surface area contributed by atoms with Crippen molar-refractivity contribution >= 4 is 27.3 Å². The minimum Gasteiger partial charge on any atom is -0.481 e. The van der Waals surface area contributed by atoms with Crippen molar-refractivity contribution in [2.24, 2.45) is 0 Å². The number of rotatable bonds is 4. The lowest BCUT2D eigenvalue weighted by atomic mass is 9.92. The van der Waals surface area contributed by atoms with Crippen molar-refractivity contribution in [3.63, 3.8) is 0 Å². The number of hydrogen-bond donors (Lipinski definition) is 1. The molecule has 116 valence electrons. The van der Waals surface area contributed by atoms with Crippen LogP contribution in [0.2, 0.25) is 0 Å². The molecule has 1 N–H and O–H groups in total. The predicted molar refractivity (Wildman–Crippen MR) is 83.4 cm³/mol. The molecule has 0 saturated carbocycles. The first kappa shape index (κ1) is 15.2. The molecule has 22 heavy (non-hydrogen) atoms. The number of carbonyl (C=O) groups is 1. The minimum absolute atomic E-state index is 0.235. The summed E-state index contributed by atoms with van der Waals surface area (Å²) in [6.45, 7) is 0.301. The summed E-state index contributed by atoms with van der Waals surface area (Å²) in [6, 6.07) is 10.0. The Morgan fingerprint density at radius 1 is 1.27 bits per heavy atom. The fraction of sp³-hybridized carbons (Fsp3) is 0.267. The molecule has 0 fully saturated rings. The molecular weight excluding hydrogens is 322 g/mol. The van der Waals surface area contributed by atoms with E-state index in [1.54, 1.807) is 17.5 Å². The highest BCUT2D eigenvalue weighted by molar-refractivity contribution is 7.91. The molecule has 0 radical (unpaired) electrons. The van der Waals surface area contributed by atoms with Gasteiger partial charge in [-0.1, -0.05) is 30.3 Å². The Labute approximate surface area is 132 Å². The molecule has 5 nitrogen and oxygen atoms in total. The zero-order valence-electron chi connectivity index (χ0n) is 11.7. The van der Waals surface area contributed by atoms with Crippen molar-refractivity contribution in [1.29, 1.82) is 0 Å². The van der Waals surface area contributed by atoms with Crippen LogP contribution in [0.3, 0.4) is 0 Å². The third-order valence-electron chi connectivity index (χ3n) is 3.79. The lowest BCUT2D eigenvalue weighted by molar-refractivity contribution is -0.138. The first-order valence-corrected chi connectivity index (χ1v) is 9.17. The van der Waals surface area contributed by atoms with Gasteiger partial charge in [-0.3, -0.25) is 4.79 Å². The van der Waals surface area contributed by atoms with E-state index >= 15 is 0 Å². The van der Waals surface area contributed by atoms with Gasteiger partial charge in [0.05, 0.1) is 12.5 Å². The quantitative estimate of drug-likeness (QED) is 0.930. The zero-order chi connectivity index (χ0) is 15.7. The highest BCUT2D eigenvalue weighted by atomic mass is 32.2. The zero-order valence-corrected chi connectivity index (χ0v) is 13.3. The van der Waals surface area contributed by atoms with E-state index in [0.29, 0.717) is 13.0 Å². The number of sulfonamides is 1. The Balaban J connectivity index is 2.06. The number of nitrogens with zero attached hydrogens (tertiary/aromatic N) is 1. The van der Waals surface area contributed by atoms with Crippen molar-refractivity contribution < 1.29 is 18.3 Å². The number of thiophene rings is 1. The molecule has 3 rings (SSSR count). The van der Waals surface area contributed by atoms with Gasteiger partial charge >= 0.3 is 5.97 Å². The summed E-state index contributed by atoms with van der Waals surface area (Å²) in [5.41, 5.74) is 1.81. The Morgan fingerprint density at radius 2 is 2.05 bits per heavy atom. The number of carboxylic acids is 1. The molecule has 2 heterocycles. The van der Waals surface area contributed by atoms with Crippen LogP contribution in [0.15, 0.2) is 46.0 Å². The van der Waals surface area contributed by atoms with Crippen molar-refractivity contribution in [2.75, 3.05) is 6.54 Å². The number of carboxylic acid groups (broad SMARTS) is 1. The van der Waals surface area contributed by atoms with Crippen LogP contribution in [0.4, 0.5) is 0 Å². The summed E-state index contributed by atoms with van der Waals surface area (Å²) in [4.78, 5) is 11.2. The Hall–Kier alpha value is -1.70. The van der Waals surface area contributed by atoms with Crippen molar-refractivity contribution in [1.82, 2.24) is 4.31 Å². The van der Waals surface area contributed by atoms with Gasteiger partial charge in [-0.2, -0.15) is 4.31 Å². The second-order valence-electron chi connectivity index (χ2n) is 5.11. The predicted octanol–water partition coefficient (Wildman–Crippen LogP) is 2.51. The maximum Gasteiger partial charge on any atom is 0.305 e. The van der Waals surface area contributed by atoms with Crippen LogP contribution in [-0.4, -0.2) is 30.3 Å². The molecule has 1 aliphatic rings. The topological polar surface area (TPSA) is 74.7 Å². The maximum atomic E-state index is 12.8. The molecular formula is C15H15NO4S2. The largest absolute Gasteiger partial charge is 0.481 e. The SMILES string of the molecule is O=C(O)C[C@@H]1c2ccccc2CCN1S(=O)(=O)c1cccs1. The van der Waals surface area contributed by atoms with Crippen LogP contribution >= 0.6 is 11.3 Å². The van der Waals surface area contributed by atoms with Crippen molar-refractivity contribution in [3.8, 4) is 0 Å². The van der Waals surface area contributed by atoms with E-state index in [4.69, 9.17) is 0 Å². The monoisotopic (exact) mass is 337 g/mol. The van der Waals surface area contributed by atoms with Crippen molar-refractivity contribution in [2.45, 2.75) is 23.1 Å². The van der Waals surface area contributed by atoms with Crippen molar-refractivity contribution in [3.05, 3.63) is 52.9 Å². The summed E-state index contributed by atoms with van der Waals surface area (Å²) < 4.78 is 27.2. The lowest BCUT2D eigenvalue weighted by Gasteiger charge is -2.35. The van der Waals surface area contributed by atoms with Crippen LogP contribution in [0.1, 0.15) is 23.6 Å². The molecule has 1 aromatic carbocycles. The van der Waals surface area contributed by atoms with Crippen LogP contribution in [-0.2, 0) is 21.2 Å². The van der Waals surface area contributed by atoms with Crippen LogP contribution < -0.4 is 0 Å². The number of fused-ring (bicyclic) bond motifs is 1. The Kier molecular flexibility index (Phi) is 4.03.